The first-order valence-corrected chi connectivity index (χ1v) is 12.1. The summed E-state index contributed by atoms with van der Waals surface area (Å²) in [5.41, 5.74) is 2.30. The Balaban J connectivity index is 1.78. The van der Waals surface area contributed by atoms with Gasteiger partial charge in [-0.05, 0) is 63.6 Å². The van der Waals surface area contributed by atoms with Crippen molar-refractivity contribution in [3.05, 3.63) is 39.3 Å². The third kappa shape index (κ3) is 5.35. The maximum atomic E-state index is 12.9. The van der Waals surface area contributed by atoms with Gasteiger partial charge in [0.2, 0.25) is 0 Å². The van der Waals surface area contributed by atoms with Gasteiger partial charge in [0.05, 0.1) is 32.0 Å². The van der Waals surface area contributed by atoms with Crippen molar-refractivity contribution in [1.29, 1.82) is 0 Å². The number of hydrogen-bond acceptors (Lipinski definition) is 8. The fourth-order valence-corrected chi connectivity index (χ4v) is 5.36. The molecule has 0 aliphatic heterocycles. The molecule has 0 spiro atoms. The van der Waals surface area contributed by atoms with Crippen molar-refractivity contribution in [3.63, 3.8) is 0 Å². The number of methoxy groups -OCH3 is 2. The minimum Gasteiger partial charge on any atom is -0.496 e. The topological polar surface area (TPSA) is 100 Å². The van der Waals surface area contributed by atoms with E-state index in [9.17, 15) is 14.4 Å². The molecule has 9 heteroatoms. The third-order valence-corrected chi connectivity index (χ3v) is 7.04. The van der Waals surface area contributed by atoms with E-state index < -0.39 is 23.9 Å². The molecule has 0 saturated carbocycles. The Morgan fingerprint density at radius 1 is 1.15 bits per heavy atom. The quantitative estimate of drug-likeness (QED) is 0.543. The Labute approximate surface area is 203 Å². The Hall–Kier alpha value is -3.07. The molecule has 1 aliphatic carbocycles. The molecule has 0 saturated heterocycles. The van der Waals surface area contributed by atoms with E-state index in [2.05, 4.69) is 12.2 Å². The van der Waals surface area contributed by atoms with Gasteiger partial charge in [-0.25, -0.2) is 9.59 Å². The van der Waals surface area contributed by atoms with Crippen molar-refractivity contribution < 1.29 is 33.3 Å². The van der Waals surface area contributed by atoms with Crippen molar-refractivity contribution in [2.75, 3.05) is 26.1 Å². The molecular weight excluding hydrogens is 458 g/mol. The fourth-order valence-electron chi connectivity index (χ4n) is 3.96. The van der Waals surface area contributed by atoms with E-state index in [1.807, 2.05) is 6.92 Å². The molecule has 2 atom stereocenters. The average molecular weight is 490 g/mol. The summed E-state index contributed by atoms with van der Waals surface area (Å²) >= 11 is 1.39. The van der Waals surface area contributed by atoms with Crippen LogP contribution in [0.4, 0.5) is 5.00 Å². The van der Waals surface area contributed by atoms with Crippen LogP contribution in [0.25, 0.3) is 0 Å². The van der Waals surface area contributed by atoms with Crippen LogP contribution in [-0.4, -0.2) is 44.8 Å². The van der Waals surface area contributed by atoms with Crippen LogP contribution >= 0.6 is 11.3 Å². The summed E-state index contributed by atoms with van der Waals surface area (Å²) in [7, 11) is 2.99. The van der Waals surface area contributed by atoms with Gasteiger partial charge >= 0.3 is 11.9 Å². The second-order valence-corrected chi connectivity index (χ2v) is 9.42. The van der Waals surface area contributed by atoms with Crippen LogP contribution in [0.15, 0.2) is 12.1 Å². The minimum atomic E-state index is -1.10. The Kier molecular flexibility index (Phi) is 8.19. The number of carbonyl (C=O) groups excluding carboxylic acids is 3. The van der Waals surface area contributed by atoms with E-state index in [1.54, 1.807) is 6.92 Å². The lowest BCUT2D eigenvalue weighted by atomic mass is 9.88. The number of hydrogen-bond donors (Lipinski definition) is 1. The van der Waals surface area contributed by atoms with Crippen LogP contribution < -0.4 is 14.8 Å². The van der Waals surface area contributed by atoms with Gasteiger partial charge in [-0.1, -0.05) is 6.92 Å². The van der Waals surface area contributed by atoms with E-state index in [-0.39, 0.29) is 12.2 Å². The van der Waals surface area contributed by atoms with Crippen molar-refractivity contribution in [2.24, 2.45) is 5.92 Å². The molecule has 2 unspecified atom stereocenters. The molecule has 1 aromatic carbocycles. The monoisotopic (exact) mass is 489 g/mol. The molecule has 0 bridgehead atoms. The zero-order valence-electron chi connectivity index (χ0n) is 20.4. The molecule has 2 aromatic rings. The normalized spacial score (nSPS) is 15.6. The first-order valence-electron chi connectivity index (χ1n) is 11.3. The number of rotatable bonds is 8. The maximum absolute atomic E-state index is 12.9. The van der Waals surface area contributed by atoms with Gasteiger partial charge in [0.1, 0.15) is 16.5 Å². The zero-order valence-corrected chi connectivity index (χ0v) is 21.2. The van der Waals surface area contributed by atoms with Gasteiger partial charge in [-0.3, -0.25) is 4.79 Å². The molecule has 0 radical (unpaired) electrons. The number of ether oxygens (including phenoxy) is 4. The van der Waals surface area contributed by atoms with Crippen molar-refractivity contribution in [1.82, 2.24) is 0 Å². The first-order chi connectivity index (χ1) is 16.2. The molecule has 1 aromatic heterocycles. The van der Waals surface area contributed by atoms with Crippen molar-refractivity contribution >= 4 is 34.2 Å². The highest BCUT2D eigenvalue weighted by Crippen LogP contribution is 2.40. The van der Waals surface area contributed by atoms with Gasteiger partial charge in [0, 0.05) is 10.4 Å². The standard InChI is InChI=1S/C25H31NO7S/c1-7-32-25(29)21-17-9-8-13(2)10-20(17)34-23(21)26-22(27)15(4)33-24(28)16-11-18(30-5)14(3)19(12-16)31-6/h11-13,15H,7-10H2,1-6H3,(H,26,27). The SMILES string of the molecule is CCOC(=O)c1c(NC(=O)C(C)OC(=O)c2cc(OC)c(C)c(OC)c2)sc2c1CCC(C)C2. The number of fused-ring (bicyclic) bond motifs is 1. The summed E-state index contributed by atoms with van der Waals surface area (Å²) in [6.07, 6.45) is 1.49. The highest BCUT2D eigenvalue weighted by atomic mass is 32.1. The van der Waals surface area contributed by atoms with Crippen LogP contribution in [0, 0.1) is 12.8 Å². The minimum absolute atomic E-state index is 0.201. The summed E-state index contributed by atoms with van der Waals surface area (Å²) in [6, 6.07) is 3.08. The lowest BCUT2D eigenvalue weighted by Gasteiger charge is -2.18. The lowest BCUT2D eigenvalue weighted by molar-refractivity contribution is -0.123. The van der Waals surface area contributed by atoms with Crippen LogP contribution in [-0.2, 0) is 27.1 Å². The van der Waals surface area contributed by atoms with Crippen LogP contribution in [0.1, 0.15) is 63.9 Å². The van der Waals surface area contributed by atoms with Crippen LogP contribution in [0.5, 0.6) is 11.5 Å². The average Bonchev–Trinajstić information content (AvgIpc) is 3.15. The number of carbonyl (C=O) groups is 3. The number of nitrogens with one attached hydrogen (secondary N) is 1. The summed E-state index contributed by atoms with van der Waals surface area (Å²) in [6.45, 7) is 7.45. The summed E-state index contributed by atoms with van der Waals surface area (Å²) in [5, 5.41) is 3.22. The predicted octanol–water partition coefficient (Wildman–Crippen LogP) is 4.56. The molecule has 1 aliphatic rings. The first kappa shape index (κ1) is 25.6. The molecule has 8 nitrogen and oxygen atoms in total. The van der Waals surface area contributed by atoms with Gasteiger partial charge in [0.25, 0.3) is 5.91 Å². The number of anilines is 1. The summed E-state index contributed by atoms with van der Waals surface area (Å²) < 4.78 is 21.3. The molecule has 184 valence electrons. The van der Waals surface area contributed by atoms with E-state index in [0.717, 1.165) is 35.3 Å². The molecule has 1 heterocycles. The maximum Gasteiger partial charge on any atom is 0.341 e. The van der Waals surface area contributed by atoms with Crippen LogP contribution in [0.3, 0.4) is 0 Å². The molecule has 3 rings (SSSR count). The van der Waals surface area contributed by atoms with Gasteiger partial charge in [-0.15, -0.1) is 11.3 Å². The van der Waals surface area contributed by atoms with Crippen LogP contribution in [0.2, 0.25) is 0 Å². The Morgan fingerprint density at radius 3 is 2.38 bits per heavy atom. The Morgan fingerprint density at radius 2 is 1.79 bits per heavy atom. The van der Waals surface area contributed by atoms with Gasteiger partial charge in [-0.2, -0.15) is 0 Å². The molecule has 1 amide bonds. The summed E-state index contributed by atoms with van der Waals surface area (Å²) in [5.74, 6) is -0.219. The van der Waals surface area contributed by atoms with E-state index in [0.29, 0.717) is 28.0 Å². The fraction of sp³-hybridized carbons (Fsp3) is 0.480. The van der Waals surface area contributed by atoms with E-state index in [1.165, 1.54) is 44.6 Å². The van der Waals surface area contributed by atoms with Gasteiger partial charge < -0.3 is 24.3 Å². The molecule has 1 N–H and O–H groups in total. The lowest BCUT2D eigenvalue weighted by Crippen LogP contribution is -2.30. The smallest absolute Gasteiger partial charge is 0.341 e. The largest absolute Gasteiger partial charge is 0.496 e. The number of benzene rings is 1. The molecule has 0 fully saturated rings. The molecular formula is C25H31NO7S. The second kappa shape index (κ2) is 10.9. The van der Waals surface area contributed by atoms with Crippen molar-refractivity contribution in [3.8, 4) is 11.5 Å². The highest BCUT2D eigenvalue weighted by Gasteiger charge is 2.30. The zero-order chi connectivity index (χ0) is 25.0. The highest BCUT2D eigenvalue weighted by molar-refractivity contribution is 7.17. The summed E-state index contributed by atoms with van der Waals surface area (Å²) in [4.78, 5) is 39.4. The number of amides is 1. The van der Waals surface area contributed by atoms with E-state index in [4.69, 9.17) is 18.9 Å². The third-order valence-electron chi connectivity index (χ3n) is 5.87. The second-order valence-electron chi connectivity index (χ2n) is 8.32. The number of esters is 2. The van der Waals surface area contributed by atoms with E-state index >= 15 is 0 Å². The van der Waals surface area contributed by atoms with Crippen molar-refractivity contribution in [2.45, 2.75) is 53.1 Å². The molecule has 34 heavy (non-hydrogen) atoms. The predicted molar refractivity (Wildman–Crippen MR) is 129 cm³/mol. The Bertz CT molecular complexity index is 1070. The number of thiophene rings is 1. The van der Waals surface area contributed by atoms with Gasteiger partial charge in [0.15, 0.2) is 6.10 Å².